The molecule has 4 rings (SSSR count). The van der Waals surface area contributed by atoms with Crippen LogP contribution < -0.4 is 5.32 Å². The largest absolute Gasteiger partial charge is 0.374 e. The summed E-state index contributed by atoms with van der Waals surface area (Å²) in [6.45, 7) is 3.52. The van der Waals surface area contributed by atoms with Crippen LogP contribution in [0.5, 0.6) is 0 Å². The van der Waals surface area contributed by atoms with Gasteiger partial charge in [-0.1, -0.05) is 0 Å². The zero-order chi connectivity index (χ0) is 13.4. The molecule has 0 radical (unpaired) electrons. The molecule has 1 spiro atoms. The summed E-state index contributed by atoms with van der Waals surface area (Å²) in [5.74, 6) is 2.55. The first-order valence-electron chi connectivity index (χ1n) is 8.56. The third kappa shape index (κ3) is 2.90. The van der Waals surface area contributed by atoms with Gasteiger partial charge in [-0.25, -0.2) is 0 Å². The molecule has 0 aromatic carbocycles. The van der Waals surface area contributed by atoms with Crippen LogP contribution in [0.1, 0.15) is 44.9 Å². The number of hydrogen-bond donors (Lipinski definition) is 1. The Balaban J connectivity index is 1.42. The highest BCUT2D eigenvalue weighted by Crippen LogP contribution is 2.42. The summed E-state index contributed by atoms with van der Waals surface area (Å²) >= 11 is 2.09. The van der Waals surface area contributed by atoms with Gasteiger partial charge in [0.2, 0.25) is 0 Å². The van der Waals surface area contributed by atoms with Crippen molar-refractivity contribution in [1.29, 1.82) is 0 Å². The normalized spacial score (nSPS) is 41.9. The molecule has 1 N–H and O–H groups in total. The Labute approximate surface area is 127 Å². The van der Waals surface area contributed by atoms with Crippen molar-refractivity contribution < 1.29 is 4.74 Å². The van der Waals surface area contributed by atoms with E-state index in [1.54, 1.807) is 0 Å². The van der Waals surface area contributed by atoms with E-state index in [2.05, 4.69) is 22.0 Å². The SMILES string of the molecule is C1CNC(CN(C2CC2)C2CCOC3(CCSC3)C2)C1. The predicted octanol–water partition coefficient (Wildman–Crippen LogP) is 2.26. The monoisotopic (exact) mass is 296 g/mol. The summed E-state index contributed by atoms with van der Waals surface area (Å²) in [4.78, 5) is 2.87. The van der Waals surface area contributed by atoms with E-state index < -0.39 is 0 Å². The van der Waals surface area contributed by atoms with Gasteiger partial charge in [-0.2, -0.15) is 11.8 Å². The van der Waals surface area contributed by atoms with Gasteiger partial charge >= 0.3 is 0 Å². The van der Waals surface area contributed by atoms with Crippen LogP contribution in [0.3, 0.4) is 0 Å². The average Bonchev–Trinajstić information content (AvgIpc) is 2.99. The van der Waals surface area contributed by atoms with E-state index in [1.165, 1.54) is 69.5 Å². The fraction of sp³-hybridized carbons (Fsp3) is 1.00. The Kier molecular flexibility index (Phi) is 4.01. The first kappa shape index (κ1) is 13.9. The van der Waals surface area contributed by atoms with Crippen LogP contribution in [0.2, 0.25) is 0 Å². The molecular formula is C16H28N2OS. The van der Waals surface area contributed by atoms with Crippen LogP contribution in [0.15, 0.2) is 0 Å². The topological polar surface area (TPSA) is 24.5 Å². The van der Waals surface area contributed by atoms with E-state index in [9.17, 15) is 0 Å². The van der Waals surface area contributed by atoms with Gasteiger partial charge in [0.25, 0.3) is 0 Å². The van der Waals surface area contributed by atoms with Crippen LogP contribution in [-0.4, -0.2) is 59.8 Å². The standard InChI is InChI=1S/C16H28N2OS/c1-2-13(17-7-1)11-18(14-3-4-14)15-5-8-19-16(10-15)6-9-20-12-16/h13-15,17H,1-12H2. The Bertz CT molecular complexity index is 335. The highest BCUT2D eigenvalue weighted by atomic mass is 32.2. The molecule has 3 saturated heterocycles. The van der Waals surface area contributed by atoms with Crippen LogP contribution in [0, 0.1) is 0 Å². The predicted molar refractivity (Wildman–Crippen MR) is 84.4 cm³/mol. The maximum absolute atomic E-state index is 6.21. The Morgan fingerprint density at radius 1 is 1.20 bits per heavy atom. The molecule has 3 nitrogen and oxygen atoms in total. The zero-order valence-corrected chi connectivity index (χ0v) is 13.3. The molecule has 20 heavy (non-hydrogen) atoms. The summed E-state index contributed by atoms with van der Waals surface area (Å²) in [5, 5.41) is 3.69. The van der Waals surface area contributed by atoms with E-state index >= 15 is 0 Å². The third-order valence-corrected chi connectivity index (χ3v) is 6.84. The van der Waals surface area contributed by atoms with Crippen molar-refractivity contribution in [2.24, 2.45) is 0 Å². The second kappa shape index (κ2) is 5.79. The van der Waals surface area contributed by atoms with Crippen molar-refractivity contribution >= 4 is 11.8 Å². The summed E-state index contributed by atoms with van der Waals surface area (Å²) < 4.78 is 6.21. The van der Waals surface area contributed by atoms with Gasteiger partial charge in [-0.05, 0) is 57.2 Å². The lowest BCUT2D eigenvalue weighted by atomic mass is 9.88. The van der Waals surface area contributed by atoms with E-state index in [1.807, 2.05) is 0 Å². The number of nitrogens with zero attached hydrogens (tertiary/aromatic N) is 1. The second-order valence-electron chi connectivity index (χ2n) is 7.20. The van der Waals surface area contributed by atoms with Crippen molar-refractivity contribution in [1.82, 2.24) is 10.2 Å². The fourth-order valence-corrected chi connectivity index (χ4v) is 5.70. The molecular weight excluding hydrogens is 268 g/mol. The summed E-state index contributed by atoms with van der Waals surface area (Å²) in [6.07, 6.45) is 9.47. The van der Waals surface area contributed by atoms with E-state index in [-0.39, 0.29) is 5.60 Å². The molecule has 4 fully saturated rings. The molecule has 4 heteroatoms. The molecule has 1 saturated carbocycles. The van der Waals surface area contributed by atoms with Crippen molar-refractivity contribution in [2.45, 2.75) is 68.7 Å². The number of hydrogen-bond acceptors (Lipinski definition) is 4. The lowest BCUT2D eigenvalue weighted by Gasteiger charge is -2.43. The first-order chi connectivity index (χ1) is 9.85. The highest BCUT2D eigenvalue weighted by molar-refractivity contribution is 7.99. The average molecular weight is 296 g/mol. The minimum absolute atomic E-state index is 0.240. The molecule has 0 bridgehead atoms. The number of thioether (sulfide) groups is 1. The van der Waals surface area contributed by atoms with E-state index in [4.69, 9.17) is 4.74 Å². The van der Waals surface area contributed by atoms with Gasteiger partial charge < -0.3 is 10.1 Å². The van der Waals surface area contributed by atoms with Crippen LogP contribution in [0.4, 0.5) is 0 Å². The molecule has 1 aliphatic carbocycles. The van der Waals surface area contributed by atoms with Crippen molar-refractivity contribution in [3.8, 4) is 0 Å². The molecule has 0 amide bonds. The lowest BCUT2D eigenvalue weighted by molar-refractivity contribution is -0.0915. The smallest absolute Gasteiger partial charge is 0.0795 e. The number of nitrogens with one attached hydrogen (secondary N) is 1. The first-order valence-corrected chi connectivity index (χ1v) is 9.71. The molecule has 3 unspecified atom stereocenters. The molecule has 3 aliphatic heterocycles. The Morgan fingerprint density at radius 2 is 2.15 bits per heavy atom. The van der Waals surface area contributed by atoms with E-state index in [0.29, 0.717) is 0 Å². The van der Waals surface area contributed by atoms with Crippen LogP contribution in [0.25, 0.3) is 0 Å². The van der Waals surface area contributed by atoms with Crippen molar-refractivity contribution in [3.05, 3.63) is 0 Å². The molecule has 0 aromatic heterocycles. The van der Waals surface area contributed by atoms with Gasteiger partial charge in [-0.3, -0.25) is 4.90 Å². The molecule has 0 aromatic rings. The summed E-state index contributed by atoms with van der Waals surface area (Å²) in [5.41, 5.74) is 0.240. The molecule has 3 heterocycles. The zero-order valence-electron chi connectivity index (χ0n) is 12.5. The number of ether oxygens (including phenoxy) is 1. The maximum atomic E-state index is 6.21. The van der Waals surface area contributed by atoms with Gasteiger partial charge in [-0.15, -0.1) is 0 Å². The fourth-order valence-electron chi connectivity index (χ4n) is 4.32. The summed E-state index contributed by atoms with van der Waals surface area (Å²) in [6, 6.07) is 2.44. The molecule has 3 atom stereocenters. The van der Waals surface area contributed by atoms with Gasteiger partial charge in [0, 0.05) is 37.0 Å². The maximum Gasteiger partial charge on any atom is 0.0795 e. The Morgan fingerprint density at radius 3 is 2.85 bits per heavy atom. The second-order valence-corrected chi connectivity index (χ2v) is 8.31. The quantitative estimate of drug-likeness (QED) is 0.860. The van der Waals surface area contributed by atoms with Crippen LogP contribution in [-0.2, 0) is 4.74 Å². The van der Waals surface area contributed by atoms with Crippen molar-refractivity contribution in [2.75, 3.05) is 31.2 Å². The molecule has 4 aliphatic rings. The van der Waals surface area contributed by atoms with E-state index in [0.717, 1.165) is 24.7 Å². The highest BCUT2D eigenvalue weighted by Gasteiger charge is 2.45. The third-order valence-electron chi connectivity index (χ3n) is 5.61. The Hall–Kier alpha value is 0.230. The van der Waals surface area contributed by atoms with Crippen molar-refractivity contribution in [3.63, 3.8) is 0 Å². The summed E-state index contributed by atoms with van der Waals surface area (Å²) in [7, 11) is 0. The minimum atomic E-state index is 0.240. The minimum Gasteiger partial charge on any atom is -0.374 e. The van der Waals surface area contributed by atoms with Crippen LogP contribution >= 0.6 is 11.8 Å². The number of rotatable bonds is 4. The molecule has 114 valence electrons. The van der Waals surface area contributed by atoms with Gasteiger partial charge in [0.05, 0.1) is 5.60 Å². The van der Waals surface area contributed by atoms with Gasteiger partial charge in [0.15, 0.2) is 0 Å². The van der Waals surface area contributed by atoms with Gasteiger partial charge in [0.1, 0.15) is 0 Å². The lowest BCUT2D eigenvalue weighted by Crippen LogP contribution is -2.52.